The Kier molecular flexibility index (Phi) is 2.69. The third-order valence-electron chi connectivity index (χ3n) is 1.37. The third-order valence-corrected chi connectivity index (χ3v) is 2.09. The van der Waals surface area contributed by atoms with Gasteiger partial charge >= 0.3 is 0 Å². The fourth-order valence-corrected chi connectivity index (χ4v) is 1.11. The second-order valence-electron chi connectivity index (χ2n) is 1.97. The van der Waals surface area contributed by atoms with Gasteiger partial charge in [0.1, 0.15) is 0 Å². The van der Waals surface area contributed by atoms with Crippen molar-refractivity contribution in [2.24, 2.45) is 0 Å². The third kappa shape index (κ3) is 2.08. The van der Waals surface area contributed by atoms with Crippen LogP contribution in [0.1, 0.15) is 6.42 Å². The summed E-state index contributed by atoms with van der Waals surface area (Å²) in [7, 11) is 1.70. The second-order valence-corrected chi connectivity index (χ2v) is 2.99. The van der Waals surface area contributed by atoms with Crippen LogP contribution in [-0.4, -0.2) is 25.3 Å². The Bertz CT molecular complexity index is 124. The summed E-state index contributed by atoms with van der Waals surface area (Å²) in [4.78, 5) is 5.01. The monoisotopic (exact) mass is 191 g/mol. The van der Waals surface area contributed by atoms with Crippen LogP contribution in [0, 0.1) is 0 Å². The number of halogens is 1. The summed E-state index contributed by atoms with van der Waals surface area (Å²) in [6.45, 7) is 1.89. The lowest BCUT2D eigenvalue weighted by Gasteiger charge is -2.21. The SMILES string of the molecule is CON1CC=C(Br)CC1. The van der Waals surface area contributed by atoms with Crippen molar-refractivity contribution in [2.45, 2.75) is 6.42 Å². The van der Waals surface area contributed by atoms with E-state index in [0.29, 0.717) is 0 Å². The number of hydrogen-bond donors (Lipinski definition) is 0. The zero-order chi connectivity index (χ0) is 6.69. The lowest BCUT2D eigenvalue weighted by Crippen LogP contribution is -2.26. The summed E-state index contributed by atoms with van der Waals surface area (Å²) >= 11 is 3.42. The normalized spacial score (nSPS) is 21.8. The lowest BCUT2D eigenvalue weighted by atomic mass is 10.3. The first-order chi connectivity index (χ1) is 4.33. The minimum Gasteiger partial charge on any atom is -0.302 e. The molecule has 0 atom stereocenters. The predicted octanol–water partition coefficient (Wildman–Crippen LogP) is 1.53. The fraction of sp³-hybridized carbons (Fsp3) is 0.667. The van der Waals surface area contributed by atoms with Gasteiger partial charge in [0.05, 0.1) is 7.11 Å². The average molecular weight is 192 g/mol. The Hall–Kier alpha value is 0.140. The molecule has 9 heavy (non-hydrogen) atoms. The minimum atomic E-state index is 0.900. The molecule has 1 heterocycles. The van der Waals surface area contributed by atoms with Gasteiger partial charge in [0.25, 0.3) is 0 Å². The van der Waals surface area contributed by atoms with Gasteiger partial charge < -0.3 is 4.84 Å². The number of nitrogens with zero attached hydrogens (tertiary/aromatic N) is 1. The maximum Gasteiger partial charge on any atom is 0.0575 e. The van der Waals surface area contributed by atoms with Crippen LogP contribution in [0.4, 0.5) is 0 Å². The Morgan fingerprint density at radius 2 is 2.56 bits per heavy atom. The molecule has 0 N–H and O–H groups in total. The highest BCUT2D eigenvalue weighted by molar-refractivity contribution is 9.11. The Morgan fingerprint density at radius 3 is 3.00 bits per heavy atom. The highest BCUT2D eigenvalue weighted by Gasteiger charge is 2.07. The van der Waals surface area contributed by atoms with Gasteiger partial charge in [-0.1, -0.05) is 22.0 Å². The van der Waals surface area contributed by atoms with E-state index in [9.17, 15) is 0 Å². The van der Waals surface area contributed by atoms with Crippen molar-refractivity contribution in [3.8, 4) is 0 Å². The van der Waals surface area contributed by atoms with Gasteiger partial charge in [0, 0.05) is 13.1 Å². The standard InChI is InChI=1S/C6H10BrNO/c1-9-8-4-2-6(7)3-5-8/h2H,3-5H2,1H3. The zero-order valence-electron chi connectivity index (χ0n) is 5.43. The molecule has 52 valence electrons. The molecule has 0 saturated heterocycles. The molecule has 0 fully saturated rings. The molecule has 2 nitrogen and oxygen atoms in total. The number of rotatable bonds is 1. The van der Waals surface area contributed by atoms with Gasteiger partial charge in [-0.2, -0.15) is 5.06 Å². The smallest absolute Gasteiger partial charge is 0.0575 e. The Morgan fingerprint density at radius 1 is 1.78 bits per heavy atom. The quantitative estimate of drug-likeness (QED) is 0.624. The molecule has 1 aliphatic rings. The van der Waals surface area contributed by atoms with Gasteiger partial charge in [0.15, 0.2) is 0 Å². The van der Waals surface area contributed by atoms with Crippen LogP contribution < -0.4 is 0 Å². The zero-order valence-corrected chi connectivity index (χ0v) is 7.02. The van der Waals surface area contributed by atoms with Gasteiger partial charge in [-0.3, -0.25) is 0 Å². The van der Waals surface area contributed by atoms with Crippen LogP contribution in [0.15, 0.2) is 10.6 Å². The topological polar surface area (TPSA) is 12.5 Å². The summed E-state index contributed by atoms with van der Waals surface area (Å²) in [5.41, 5.74) is 0. The van der Waals surface area contributed by atoms with Crippen LogP contribution >= 0.6 is 15.9 Å². The van der Waals surface area contributed by atoms with E-state index in [-0.39, 0.29) is 0 Å². The van der Waals surface area contributed by atoms with E-state index in [2.05, 4.69) is 22.0 Å². The van der Waals surface area contributed by atoms with Crippen molar-refractivity contribution < 1.29 is 4.84 Å². The highest BCUT2D eigenvalue weighted by atomic mass is 79.9. The first-order valence-corrected chi connectivity index (χ1v) is 3.76. The molecule has 0 radical (unpaired) electrons. The summed E-state index contributed by atoms with van der Waals surface area (Å²) in [5.74, 6) is 0. The number of hydroxylamine groups is 2. The van der Waals surface area contributed by atoms with Gasteiger partial charge in [0.2, 0.25) is 0 Å². The van der Waals surface area contributed by atoms with E-state index in [4.69, 9.17) is 4.84 Å². The van der Waals surface area contributed by atoms with Crippen molar-refractivity contribution in [3.05, 3.63) is 10.6 Å². The fourth-order valence-electron chi connectivity index (χ4n) is 0.792. The molecular formula is C6H10BrNO. The van der Waals surface area contributed by atoms with Gasteiger partial charge in [-0.25, -0.2) is 0 Å². The molecule has 0 spiro atoms. The molecular weight excluding hydrogens is 182 g/mol. The molecule has 0 aliphatic carbocycles. The van der Waals surface area contributed by atoms with E-state index in [1.165, 1.54) is 4.48 Å². The van der Waals surface area contributed by atoms with Crippen LogP contribution in [0.5, 0.6) is 0 Å². The Balaban J connectivity index is 2.36. The largest absolute Gasteiger partial charge is 0.302 e. The van der Waals surface area contributed by atoms with Crippen molar-refractivity contribution in [1.29, 1.82) is 0 Å². The molecule has 0 saturated carbocycles. The van der Waals surface area contributed by atoms with E-state index < -0.39 is 0 Å². The Labute approximate surface area is 63.6 Å². The molecule has 0 aromatic heterocycles. The second kappa shape index (κ2) is 3.34. The highest BCUT2D eigenvalue weighted by Crippen LogP contribution is 2.15. The van der Waals surface area contributed by atoms with Crippen LogP contribution in [0.3, 0.4) is 0 Å². The van der Waals surface area contributed by atoms with E-state index in [0.717, 1.165) is 19.5 Å². The average Bonchev–Trinajstić information content (AvgIpc) is 1.90. The van der Waals surface area contributed by atoms with E-state index >= 15 is 0 Å². The first kappa shape index (κ1) is 7.25. The van der Waals surface area contributed by atoms with Crippen molar-refractivity contribution in [3.63, 3.8) is 0 Å². The summed E-state index contributed by atoms with van der Waals surface area (Å²) in [5, 5.41) is 1.92. The summed E-state index contributed by atoms with van der Waals surface area (Å²) < 4.78 is 1.29. The van der Waals surface area contributed by atoms with Crippen molar-refractivity contribution >= 4 is 15.9 Å². The maximum absolute atomic E-state index is 5.01. The summed E-state index contributed by atoms with van der Waals surface area (Å²) in [6, 6.07) is 0. The van der Waals surface area contributed by atoms with Crippen LogP contribution in [-0.2, 0) is 4.84 Å². The van der Waals surface area contributed by atoms with Gasteiger partial charge in [-0.05, 0) is 10.9 Å². The molecule has 3 heteroatoms. The molecule has 0 aromatic rings. The van der Waals surface area contributed by atoms with Crippen LogP contribution in [0.25, 0.3) is 0 Å². The molecule has 0 amide bonds. The van der Waals surface area contributed by atoms with Gasteiger partial charge in [-0.15, -0.1) is 0 Å². The first-order valence-electron chi connectivity index (χ1n) is 2.96. The minimum absolute atomic E-state index is 0.900. The molecule has 1 rings (SSSR count). The predicted molar refractivity (Wildman–Crippen MR) is 40.2 cm³/mol. The molecule has 0 bridgehead atoms. The van der Waals surface area contributed by atoms with E-state index in [1.807, 2.05) is 5.06 Å². The molecule has 1 aliphatic heterocycles. The lowest BCUT2D eigenvalue weighted by molar-refractivity contribution is -0.123. The van der Waals surface area contributed by atoms with Crippen LogP contribution in [0.2, 0.25) is 0 Å². The van der Waals surface area contributed by atoms with Crippen molar-refractivity contribution in [1.82, 2.24) is 5.06 Å². The molecule has 0 unspecified atom stereocenters. The molecule has 0 aromatic carbocycles. The number of hydrogen-bond acceptors (Lipinski definition) is 2. The maximum atomic E-state index is 5.01. The summed E-state index contributed by atoms with van der Waals surface area (Å²) in [6.07, 6.45) is 3.18. The van der Waals surface area contributed by atoms with Crippen molar-refractivity contribution in [2.75, 3.05) is 20.2 Å². The van der Waals surface area contributed by atoms with E-state index in [1.54, 1.807) is 7.11 Å².